The minimum Gasteiger partial charge on any atom is -0.378 e. The molecule has 1 aliphatic heterocycles. The highest BCUT2D eigenvalue weighted by Crippen LogP contribution is 2.21. The Kier molecular flexibility index (Phi) is 3.52. The standard InChI is InChI=1S/C8H16BrNO2/c1-8(2)6-12-4-3-10(8)7(11)5-9/h7,11H,3-6H2,1-2H3. The van der Waals surface area contributed by atoms with Gasteiger partial charge in [0.1, 0.15) is 6.23 Å². The maximum Gasteiger partial charge on any atom is 0.117 e. The quantitative estimate of drug-likeness (QED) is 0.722. The van der Waals surface area contributed by atoms with Crippen LogP contribution >= 0.6 is 15.9 Å². The lowest BCUT2D eigenvalue weighted by atomic mass is 10.0. The van der Waals surface area contributed by atoms with Crippen LogP contribution in [0.5, 0.6) is 0 Å². The van der Waals surface area contributed by atoms with Crippen LogP contribution in [0.1, 0.15) is 13.8 Å². The van der Waals surface area contributed by atoms with Gasteiger partial charge in [0.25, 0.3) is 0 Å². The molecule has 1 N–H and O–H groups in total. The lowest BCUT2D eigenvalue weighted by molar-refractivity contribution is -0.119. The average molecular weight is 238 g/mol. The van der Waals surface area contributed by atoms with Gasteiger partial charge in [-0.1, -0.05) is 15.9 Å². The fraction of sp³-hybridized carbons (Fsp3) is 1.00. The molecule has 4 heteroatoms. The molecule has 0 bridgehead atoms. The Morgan fingerprint density at radius 3 is 2.83 bits per heavy atom. The SMILES string of the molecule is CC1(C)COCCN1C(O)CBr. The molecular formula is C8H16BrNO2. The molecule has 12 heavy (non-hydrogen) atoms. The Hall–Kier alpha value is 0.360. The topological polar surface area (TPSA) is 32.7 Å². The smallest absolute Gasteiger partial charge is 0.117 e. The summed E-state index contributed by atoms with van der Waals surface area (Å²) in [7, 11) is 0. The Balaban J connectivity index is 2.59. The summed E-state index contributed by atoms with van der Waals surface area (Å²) in [6, 6.07) is 0. The second kappa shape index (κ2) is 4.05. The van der Waals surface area contributed by atoms with Crippen molar-refractivity contribution in [3.05, 3.63) is 0 Å². The summed E-state index contributed by atoms with van der Waals surface area (Å²) < 4.78 is 5.34. The minimum absolute atomic E-state index is 0.0502. The molecule has 0 aromatic heterocycles. The first-order valence-electron chi connectivity index (χ1n) is 4.16. The summed E-state index contributed by atoms with van der Waals surface area (Å²) in [6.07, 6.45) is -0.399. The van der Waals surface area contributed by atoms with Gasteiger partial charge in [-0.3, -0.25) is 4.90 Å². The number of alkyl halides is 1. The summed E-state index contributed by atoms with van der Waals surface area (Å²) in [5.41, 5.74) is -0.0502. The predicted octanol–water partition coefficient (Wildman–Crippen LogP) is 0.810. The predicted molar refractivity (Wildman–Crippen MR) is 51.4 cm³/mol. The Bertz CT molecular complexity index is 152. The van der Waals surface area contributed by atoms with E-state index in [4.69, 9.17) is 4.74 Å². The van der Waals surface area contributed by atoms with Crippen molar-refractivity contribution >= 4 is 15.9 Å². The zero-order chi connectivity index (χ0) is 9.19. The molecule has 1 aliphatic rings. The number of halogens is 1. The van der Waals surface area contributed by atoms with Gasteiger partial charge >= 0.3 is 0 Å². The van der Waals surface area contributed by atoms with Crippen LogP contribution in [0.3, 0.4) is 0 Å². The highest BCUT2D eigenvalue weighted by Gasteiger charge is 2.34. The molecule has 0 aromatic carbocycles. The minimum atomic E-state index is -0.399. The van der Waals surface area contributed by atoms with E-state index >= 15 is 0 Å². The van der Waals surface area contributed by atoms with Crippen LogP contribution in [0.15, 0.2) is 0 Å². The molecule has 0 radical (unpaired) electrons. The zero-order valence-electron chi connectivity index (χ0n) is 7.59. The molecule has 1 saturated heterocycles. The van der Waals surface area contributed by atoms with E-state index in [1.807, 2.05) is 0 Å². The molecule has 1 atom stereocenters. The van der Waals surface area contributed by atoms with Gasteiger partial charge in [-0.2, -0.15) is 0 Å². The van der Waals surface area contributed by atoms with Crippen molar-refractivity contribution in [3.63, 3.8) is 0 Å². The summed E-state index contributed by atoms with van der Waals surface area (Å²) >= 11 is 3.27. The lowest BCUT2D eigenvalue weighted by Gasteiger charge is -2.44. The molecule has 0 saturated carbocycles. The zero-order valence-corrected chi connectivity index (χ0v) is 9.17. The van der Waals surface area contributed by atoms with Gasteiger partial charge in [0.15, 0.2) is 0 Å². The van der Waals surface area contributed by atoms with Crippen molar-refractivity contribution in [1.29, 1.82) is 0 Å². The number of morpholine rings is 1. The van der Waals surface area contributed by atoms with Crippen LogP contribution in [-0.4, -0.2) is 46.9 Å². The van der Waals surface area contributed by atoms with Gasteiger partial charge in [-0.25, -0.2) is 0 Å². The first-order valence-corrected chi connectivity index (χ1v) is 5.28. The summed E-state index contributed by atoms with van der Waals surface area (Å²) in [5, 5.41) is 10.2. The third-order valence-corrected chi connectivity index (χ3v) is 2.79. The molecule has 0 aliphatic carbocycles. The molecule has 1 rings (SSSR count). The first kappa shape index (κ1) is 10.4. The number of ether oxygens (including phenoxy) is 1. The number of rotatable bonds is 2. The van der Waals surface area contributed by atoms with Crippen LogP contribution in [0.25, 0.3) is 0 Å². The molecule has 3 nitrogen and oxygen atoms in total. The molecule has 1 unspecified atom stereocenters. The van der Waals surface area contributed by atoms with E-state index in [9.17, 15) is 5.11 Å². The van der Waals surface area contributed by atoms with Gasteiger partial charge in [0.05, 0.1) is 13.2 Å². The molecule has 72 valence electrons. The number of aliphatic hydroxyl groups excluding tert-OH is 1. The average Bonchev–Trinajstić information content (AvgIpc) is 2.02. The van der Waals surface area contributed by atoms with Crippen LogP contribution < -0.4 is 0 Å². The van der Waals surface area contributed by atoms with Crippen LogP contribution in [-0.2, 0) is 4.74 Å². The highest BCUT2D eigenvalue weighted by molar-refractivity contribution is 9.09. The highest BCUT2D eigenvalue weighted by atomic mass is 79.9. The number of hydrogen-bond acceptors (Lipinski definition) is 3. The van der Waals surface area contributed by atoms with Crippen molar-refractivity contribution in [1.82, 2.24) is 4.90 Å². The molecule has 1 heterocycles. The molecular weight excluding hydrogens is 222 g/mol. The monoisotopic (exact) mass is 237 g/mol. The van der Waals surface area contributed by atoms with Crippen molar-refractivity contribution in [2.75, 3.05) is 25.1 Å². The van der Waals surface area contributed by atoms with Gasteiger partial charge in [0.2, 0.25) is 0 Å². The Morgan fingerprint density at radius 2 is 2.33 bits per heavy atom. The van der Waals surface area contributed by atoms with Crippen molar-refractivity contribution in [2.24, 2.45) is 0 Å². The third-order valence-electron chi connectivity index (χ3n) is 2.21. The van der Waals surface area contributed by atoms with Crippen molar-refractivity contribution in [2.45, 2.75) is 25.6 Å². The van der Waals surface area contributed by atoms with E-state index < -0.39 is 6.23 Å². The molecule has 1 fully saturated rings. The third kappa shape index (κ3) is 2.19. The van der Waals surface area contributed by atoms with E-state index in [0.717, 1.165) is 6.54 Å². The molecule has 0 amide bonds. The second-order valence-corrected chi connectivity index (χ2v) is 4.34. The van der Waals surface area contributed by atoms with Gasteiger partial charge < -0.3 is 9.84 Å². The summed E-state index contributed by atoms with van der Waals surface area (Å²) in [4.78, 5) is 2.06. The van der Waals surface area contributed by atoms with Crippen molar-refractivity contribution < 1.29 is 9.84 Å². The molecule has 0 aromatic rings. The summed E-state index contributed by atoms with van der Waals surface area (Å²) in [6.45, 7) is 6.38. The van der Waals surface area contributed by atoms with E-state index in [0.29, 0.717) is 18.5 Å². The van der Waals surface area contributed by atoms with E-state index in [-0.39, 0.29) is 5.54 Å². The normalized spacial score (nSPS) is 27.0. The Labute approximate surface area is 81.8 Å². The largest absolute Gasteiger partial charge is 0.378 e. The number of aliphatic hydroxyl groups is 1. The van der Waals surface area contributed by atoms with E-state index in [2.05, 4.69) is 34.7 Å². The van der Waals surface area contributed by atoms with Gasteiger partial charge in [0, 0.05) is 17.4 Å². The Morgan fingerprint density at radius 1 is 1.67 bits per heavy atom. The number of nitrogens with zero attached hydrogens (tertiary/aromatic N) is 1. The van der Waals surface area contributed by atoms with Gasteiger partial charge in [-0.15, -0.1) is 0 Å². The first-order chi connectivity index (χ1) is 5.58. The van der Waals surface area contributed by atoms with E-state index in [1.165, 1.54) is 0 Å². The summed E-state index contributed by atoms with van der Waals surface area (Å²) in [5.74, 6) is 0. The second-order valence-electron chi connectivity index (χ2n) is 3.69. The van der Waals surface area contributed by atoms with Crippen LogP contribution in [0, 0.1) is 0 Å². The van der Waals surface area contributed by atoms with E-state index in [1.54, 1.807) is 0 Å². The maximum absolute atomic E-state index is 9.64. The fourth-order valence-electron chi connectivity index (χ4n) is 1.51. The van der Waals surface area contributed by atoms with Crippen LogP contribution in [0.2, 0.25) is 0 Å². The fourth-order valence-corrected chi connectivity index (χ4v) is 1.86. The molecule has 0 spiro atoms. The lowest BCUT2D eigenvalue weighted by Crippen LogP contribution is -2.57. The number of hydrogen-bond donors (Lipinski definition) is 1. The van der Waals surface area contributed by atoms with Crippen LogP contribution in [0.4, 0.5) is 0 Å². The van der Waals surface area contributed by atoms with Crippen molar-refractivity contribution in [3.8, 4) is 0 Å². The maximum atomic E-state index is 9.64. The van der Waals surface area contributed by atoms with Gasteiger partial charge in [-0.05, 0) is 13.8 Å².